The molecule has 0 saturated carbocycles. The number of aromatic nitrogens is 2. The number of ether oxygens (including phenoxy) is 1. The lowest BCUT2D eigenvalue weighted by Gasteiger charge is -2.28. The molecule has 6 nitrogen and oxygen atoms in total. The van der Waals surface area contributed by atoms with Crippen LogP contribution in [0.5, 0.6) is 5.75 Å². The van der Waals surface area contributed by atoms with Crippen LogP contribution in [0.3, 0.4) is 0 Å². The summed E-state index contributed by atoms with van der Waals surface area (Å²) < 4.78 is 45.3. The Kier molecular flexibility index (Phi) is 4.58. The van der Waals surface area contributed by atoms with E-state index in [1.54, 1.807) is 18.3 Å². The molecule has 2 aromatic heterocycles. The fourth-order valence-electron chi connectivity index (χ4n) is 3.67. The Bertz CT molecular complexity index is 1040. The molecule has 3 aromatic rings. The SMILES string of the molecule is O=C(O)c1cnn2ccc(N3CCC[C@@H]3c3cc(OC(F)F)ccc3F)cc12. The van der Waals surface area contributed by atoms with Crippen molar-refractivity contribution in [2.24, 2.45) is 0 Å². The second-order valence-corrected chi connectivity index (χ2v) is 6.49. The van der Waals surface area contributed by atoms with Gasteiger partial charge in [-0.25, -0.2) is 13.7 Å². The molecule has 9 heteroatoms. The smallest absolute Gasteiger partial charge is 0.387 e. The number of anilines is 1. The van der Waals surface area contributed by atoms with E-state index >= 15 is 0 Å². The molecule has 1 saturated heterocycles. The van der Waals surface area contributed by atoms with Gasteiger partial charge < -0.3 is 14.7 Å². The lowest BCUT2D eigenvalue weighted by Crippen LogP contribution is -2.23. The lowest BCUT2D eigenvalue weighted by molar-refractivity contribution is -0.0499. The van der Waals surface area contributed by atoms with Gasteiger partial charge in [-0.1, -0.05) is 0 Å². The van der Waals surface area contributed by atoms with Crippen LogP contribution in [0.2, 0.25) is 0 Å². The lowest BCUT2D eigenvalue weighted by atomic mass is 10.0. The average molecular weight is 391 g/mol. The maximum absolute atomic E-state index is 14.5. The number of nitrogens with zero attached hydrogens (tertiary/aromatic N) is 3. The summed E-state index contributed by atoms with van der Waals surface area (Å²) >= 11 is 0. The highest BCUT2D eigenvalue weighted by atomic mass is 19.3. The van der Waals surface area contributed by atoms with Gasteiger partial charge in [0, 0.05) is 24.0 Å². The van der Waals surface area contributed by atoms with Gasteiger partial charge >= 0.3 is 12.6 Å². The van der Waals surface area contributed by atoms with Gasteiger partial charge in [0.15, 0.2) is 0 Å². The third kappa shape index (κ3) is 3.23. The number of carboxylic acid groups (broad SMARTS) is 1. The summed E-state index contributed by atoms with van der Waals surface area (Å²) in [5, 5.41) is 13.3. The molecular weight excluding hydrogens is 375 g/mol. The highest BCUT2D eigenvalue weighted by Crippen LogP contribution is 2.39. The molecule has 0 aliphatic carbocycles. The summed E-state index contributed by atoms with van der Waals surface area (Å²) in [7, 11) is 0. The van der Waals surface area contributed by atoms with Gasteiger partial charge in [-0.3, -0.25) is 0 Å². The standard InChI is InChI=1S/C19H16F3N3O3/c20-15-4-3-12(28-19(21)22)9-13(15)16-2-1-6-24(16)11-5-7-25-17(8-11)14(10-23-25)18(26)27/h3-5,7-10,16,19H,1-2,6H2,(H,26,27)/t16-/m1/s1. The number of halogens is 3. The number of rotatable bonds is 5. The van der Waals surface area contributed by atoms with Gasteiger partial charge in [-0.15, -0.1) is 0 Å². The zero-order valence-corrected chi connectivity index (χ0v) is 14.6. The van der Waals surface area contributed by atoms with Crippen LogP contribution in [0, 0.1) is 5.82 Å². The Morgan fingerprint density at radius 1 is 1.29 bits per heavy atom. The molecule has 0 bridgehead atoms. The second kappa shape index (κ2) is 7.06. The summed E-state index contributed by atoms with van der Waals surface area (Å²) in [6.07, 6.45) is 4.32. The topological polar surface area (TPSA) is 67.1 Å². The predicted octanol–water partition coefficient (Wildman–Crippen LogP) is 4.11. The van der Waals surface area contributed by atoms with Crippen molar-refractivity contribution in [1.29, 1.82) is 0 Å². The van der Waals surface area contributed by atoms with Crippen molar-refractivity contribution < 1.29 is 27.8 Å². The molecule has 146 valence electrons. The number of carbonyl (C=O) groups is 1. The summed E-state index contributed by atoms with van der Waals surface area (Å²) in [5.41, 5.74) is 1.46. The maximum atomic E-state index is 14.5. The molecule has 1 atom stereocenters. The number of alkyl halides is 2. The predicted molar refractivity (Wildman–Crippen MR) is 94.5 cm³/mol. The average Bonchev–Trinajstić information content (AvgIpc) is 3.29. The highest BCUT2D eigenvalue weighted by molar-refractivity contribution is 5.95. The van der Waals surface area contributed by atoms with Crippen molar-refractivity contribution in [3.8, 4) is 5.75 Å². The fraction of sp³-hybridized carbons (Fsp3) is 0.263. The molecule has 0 radical (unpaired) electrons. The molecule has 0 amide bonds. The first-order valence-electron chi connectivity index (χ1n) is 8.65. The van der Waals surface area contributed by atoms with Crippen molar-refractivity contribution in [2.75, 3.05) is 11.4 Å². The van der Waals surface area contributed by atoms with E-state index in [2.05, 4.69) is 9.84 Å². The molecule has 1 aliphatic rings. The number of pyridine rings is 1. The Balaban J connectivity index is 1.72. The van der Waals surface area contributed by atoms with Gasteiger partial charge in [-0.2, -0.15) is 13.9 Å². The Hall–Kier alpha value is -3.23. The van der Waals surface area contributed by atoms with Crippen LogP contribution in [0.4, 0.5) is 18.9 Å². The van der Waals surface area contributed by atoms with E-state index in [0.29, 0.717) is 24.2 Å². The van der Waals surface area contributed by atoms with Crippen LogP contribution in [0.1, 0.15) is 34.8 Å². The molecule has 4 rings (SSSR count). The first-order chi connectivity index (χ1) is 13.4. The van der Waals surface area contributed by atoms with E-state index in [0.717, 1.165) is 12.5 Å². The van der Waals surface area contributed by atoms with E-state index in [1.165, 1.54) is 22.8 Å². The van der Waals surface area contributed by atoms with Gasteiger partial charge in [0.05, 0.1) is 17.8 Å². The van der Waals surface area contributed by atoms with Crippen LogP contribution in [-0.4, -0.2) is 33.8 Å². The third-order valence-corrected chi connectivity index (χ3v) is 4.87. The number of aromatic carboxylic acids is 1. The van der Waals surface area contributed by atoms with Gasteiger partial charge in [0.2, 0.25) is 0 Å². The molecule has 28 heavy (non-hydrogen) atoms. The van der Waals surface area contributed by atoms with Crippen LogP contribution in [0.15, 0.2) is 42.7 Å². The number of hydrogen-bond acceptors (Lipinski definition) is 4. The summed E-state index contributed by atoms with van der Waals surface area (Å²) in [4.78, 5) is 13.3. The van der Waals surface area contributed by atoms with E-state index in [1.807, 2.05) is 4.90 Å². The monoisotopic (exact) mass is 391 g/mol. The third-order valence-electron chi connectivity index (χ3n) is 4.87. The first-order valence-corrected chi connectivity index (χ1v) is 8.65. The van der Waals surface area contributed by atoms with Gasteiger partial charge in [0.1, 0.15) is 17.1 Å². The maximum Gasteiger partial charge on any atom is 0.387 e. The normalized spacial score (nSPS) is 16.9. The molecule has 1 fully saturated rings. The van der Waals surface area contributed by atoms with Crippen LogP contribution in [-0.2, 0) is 0 Å². The Morgan fingerprint density at radius 3 is 2.86 bits per heavy atom. The molecular formula is C19H16F3N3O3. The van der Waals surface area contributed by atoms with E-state index in [4.69, 9.17) is 0 Å². The number of benzene rings is 1. The van der Waals surface area contributed by atoms with E-state index < -0.39 is 18.4 Å². The van der Waals surface area contributed by atoms with Crippen molar-refractivity contribution >= 4 is 17.2 Å². The van der Waals surface area contributed by atoms with Gasteiger partial charge in [-0.05, 0) is 43.2 Å². The van der Waals surface area contributed by atoms with E-state index in [9.17, 15) is 23.1 Å². The molecule has 1 N–H and O–H groups in total. The molecule has 0 spiro atoms. The van der Waals surface area contributed by atoms with Crippen molar-refractivity contribution in [1.82, 2.24) is 9.61 Å². The summed E-state index contributed by atoms with van der Waals surface area (Å²) in [5.74, 6) is -1.69. The van der Waals surface area contributed by atoms with Crippen molar-refractivity contribution in [3.63, 3.8) is 0 Å². The Morgan fingerprint density at radius 2 is 2.11 bits per heavy atom. The van der Waals surface area contributed by atoms with Crippen LogP contribution < -0.4 is 9.64 Å². The number of carboxylic acids is 1. The van der Waals surface area contributed by atoms with Crippen LogP contribution >= 0.6 is 0 Å². The second-order valence-electron chi connectivity index (χ2n) is 6.49. The minimum atomic E-state index is -2.99. The highest BCUT2D eigenvalue weighted by Gasteiger charge is 2.29. The van der Waals surface area contributed by atoms with E-state index in [-0.39, 0.29) is 22.9 Å². The zero-order chi connectivity index (χ0) is 19.8. The minimum absolute atomic E-state index is 0.0658. The van der Waals surface area contributed by atoms with Crippen LogP contribution in [0.25, 0.3) is 5.52 Å². The molecule has 1 aliphatic heterocycles. The minimum Gasteiger partial charge on any atom is -0.478 e. The summed E-state index contributed by atoms with van der Waals surface area (Å²) in [6.45, 7) is -2.37. The molecule has 3 heterocycles. The Labute approximate surface area is 157 Å². The van der Waals surface area contributed by atoms with Crippen molar-refractivity contribution in [3.05, 3.63) is 59.7 Å². The first kappa shape index (κ1) is 18.1. The molecule has 0 unspecified atom stereocenters. The largest absolute Gasteiger partial charge is 0.478 e. The zero-order valence-electron chi connectivity index (χ0n) is 14.6. The number of fused-ring (bicyclic) bond motifs is 1. The summed E-state index contributed by atoms with van der Waals surface area (Å²) in [6, 6.07) is 6.66. The van der Waals surface area contributed by atoms with Crippen molar-refractivity contribution in [2.45, 2.75) is 25.5 Å². The number of hydrogen-bond donors (Lipinski definition) is 1. The quantitative estimate of drug-likeness (QED) is 0.709. The molecule has 1 aromatic carbocycles. The van der Waals surface area contributed by atoms with Gasteiger partial charge in [0.25, 0.3) is 0 Å². The fourth-order valence-corrected chi connectivity index (χ4v) is 3.67.